The van der Waals surface area contributed by atoms with E-state index in [1.807, 2.05) is 30.3 Å². The van der Waals surface area contributed by atoms with Gasteiger partial charge >= 0.3 is 5.97 Å². The maximum absolute atomic E-state index is 10.9. The molecular weight excluding hydrogens is 260 g/mol. The zero-order valence-corrected chi connectivity index (χ0v) is 12.7. The lowest BCUT2D eigenvalue weighted by atomic mass is 9.78. The lowest BCUT2D eigenvalue weighted by molar-refractivity contribution is -0.131. The Morgan fingerprint density at radius 1 is 1.00 bits per heavy atom. The van der Waals surface area contributed by atoms with E-state index >= 15 is 0 Å². The molecule has 0 saturated heterocycles. The number of carbonyl (C=O) groups is 1. The molecule has 2 rings (SSSR count). The number of carbonyl (C=O) groups excluding carboxylic acids is 1. The van der Waals surface area contributed by atoms with Gasteiger partial charge in [-0.3, -0.25) is 4.79 Å². The van der Waals surface area contributed by atoms with Crippen molar-refractivity contribution < 1.29 is 9.53 Å². The number of esters is 1. The molecule has 0 unspecified atom stereocenters. The van der Waals surface area contributed by atoms with Gasteiger partial charge in [-0.15, -0.1) is 0 Å². The van der Waals surface area contributed by atoms with Crippen molar-refractivity contribution in [3.8, 4) is 5.75 Å². The van der Waals surface area contributed by atoms with Gasteiger partial charge in [-0.25, -0.2) is 0 Å². The van der Waals surface area contributed by atoms with E-state index in [9.17, 15) is 4.79 Å². The van der Waals surface area contributed by atoms with E-state index in [4.69, 9.17) is 4.74 Å². The second-order valence-electron chi connectivity index (χ2n) is 5.57. The average molecular weight is 280 g/mol. The third-order valence-corrected chi connectivity index (χ3v) is 3.71. The van der Waals surface area contributed by atoms with Gasteiger partial charge in [0, 0.05) is 12.3 Å². The van der Waals surface area contributed by atoms with E-state index < -0.39 is 0 Å². The van der Waals surface area contributed by atoms with Gasteiger partial charge < -0.3 is 4.74 Å². The zero-order chi connectivity index (χ0) is 15.5. The second-order valence-corrected chi connectivity index (χ2v) is 5.57. The van der Waals surface area contributed by atoms with Crippen LogP contribution in [0.5, 0.6) is 5.75 Å². The smallest absolute Gasteiger partial charge is 0.308 e. The normalized spacial score (nSPS) is 11.0. The molecule has 0 aliphatic carbocycles. The topological polar surface area (TPSA) is 26.3 Å². The number of hydrogen-bond acceptors (Lipinski definition) is 2. The molecule has 0 saturated carbocycles. The van der Waals surface area contributed by atoms with Gasteiger partial charge in [-0.2, -0.15) is 0 Å². The largest absolute Gasteiger partial charge is 0.427 e. The average Bonchev–Trinajstić information content (AvgIpc) is 2.47. The van der Waals surface area contributed by atoms with Crippen molar-refractivity contribution in [2.24, 2.45) is 0 Å². The monoisotopic (exact) mass is 280 g/mol. The summed E-state index contributed by atoms with van der Waals surface area (Å²) in [4.78, 5) is 10.9. The predicted molar refractivity (Wildman–Crippen MR) is 86.4 cm³/mol. The highest BCUT2D eigenvalue weighted by Gasteiger charge is 2.22. The first-order valence-corrected chi connectivity index (χ1v) is 6.95. The highest BCUT2D eigenvalue weighted by atomic mass is 16.5. The SMILES string of the molecule is C=Cc1ccc(C(C)(C)c2ccc(OC(C)=O)cc2)cc1. The van der Waals surface area contributed by atoms with Crippen LogP contribution in [0.3, 0.4) is 0 Å². The van der Waals surface area contributed by atoms with Crippen molar-refractivity contribution >= 4 is 12.0 Å². The fraction of sp³-hybridized carbons (Fsp3) is 0.211. The Balaban J connectivity index is 2.29. The third-order valence-electron chi connectivity index (χ3n) is 3.71. The molecule has 0 aromatic heterocycles. The van der Waals surface area contributed by atoms with E-state index in [2.05, 4.69) is 44.7 Å². The Morgan fingerprint density at radius 2 is 1.48 bits per heavy atom. The van der Waals surface area contributed by atoms with Crippen molar-refractivity contribution in [1.82, 2.24) is 0 Å². The Morgan fingerprint density at radius 3 is 1.90 bits per heavy atom. The number of hydrogen-bond donors (Lipinski definition) is 0. The molecule has 0 bridgehead atoms. The summed E-state index contributed by atoms with van der Waals surface area (Å²) < 4.78 is 5.07. The molecule has 0 fully saturated rings. The first-order valence-electron chi connectivity index (χ1n) is 6.95. The molecule has 0 spiro atoms. The minimum Gasteiger partial charge on any atom is -0.427 e. The summed E-state index contributed by atoms with van der Waals surface area (Å²) in [6.07, 6.45) is 1.84. The van der Waals surface area contributed by atoms with E-state index in [1.165, 1.54) is 18.1 Å². The molecule has 108 valence electrons. The summed E-state index contributed by atoms with van der Waals surface area (Å²) in [7, 11) is 0. The van der Waals surface area contributed by atoms with Crippen molar-refractivity contribution in [2.75, 3.05) is 0 Å². The summed E-state index contributed by atoms with van der Waals surface area (Å²) in [5.74, 6) is 0.270. The van der Waals surface area contributed by atoms with Crippen LogP contribution in [0.1, 0.15) is 37.5 Å². The maximum Gasteiger partial charge on any atom is 0.308 e. The number of ether oxygens (including phenoxy) is 1. The predicted octanol–water partition coefficient (Wildman–Crippen LogP) is 4.58. The Kier molecular flexibility index (Phi) is 4.27. The van der Waals surface area contributed by atoms with Crippen molar-refractivity contribution in [3.05, 3.63) is 71.8 Å². The quantitative estimate of drug-likeness (QED) is 0.605. The summed E-state index contributed by atoms with van der Waals surface area (Å²) in [5, 5.41) is 0. The van der Waals surface area contributed by atoms with Crippen LogP contribution in [0.25, 0.3) is 6.08 Å². The zero-order valence-electron chi connectivity index (χ0n) is 12.7. The summed E-state index contributed by atoms with van der Waals surface area (Å²) in [6, 6.07) is 16.0. The first-order chi connectivity index (χ1) is 9.93. The van der Waals surface area contributed by atoms with Crippen molar-refractivity contribution in [3.63, 3.8) is 0 Å². The molecule has 2 nitrogen and oxygen atoms in total. The van der Waals surface area contributed by atoms with Gasteiger partial charge in [-0.1, -0.05) is 62.9 Å². The van der Waals surface area contributed by atoms with E-state index in [0.717, 1.165) is 5.56 Å². The van der Waals surface area contributed by atoms with Crippen molar-refractivity contribution in [2.45, 2.75) is 26.2 Å². The van der Waals surface area contributed by atoms with Crippen LogP contribution in [0.4, 0.5) is 0 Å². The lowest BCUT2D eigenvalue weighted by Crippen LogP contribution is -2.18. The Labute approximate surface area is 126 Å². The summed E-state index contributed by atoms with van der Waals surface area (Å²) >= 11 is 0. The molecule has 2 heteroatoms. The second kappa shape index (κ2) is 5.96. The van der Waals surface area contributed by atoms with E-state index in [0.29, 0.717) is 5.75 Å². The van der Waals surface area contributed by atoms with Gasteiger partial charge in [-0.05, 0) is 28.8 Å². The van der Waals surface area contributed by atoms with Crippen LogP contribution in [0.2, 0.25) is 0 Å². The Bertz CT molecular complexity index is 634. The summed E-state index contributed by atoms with van der Waals surface area (Å²) in [5.41, 5.74) is 3.40. The van der Waals surface area contributed by atoms with Crippen LogP contribution < -0.4 is 4.74 Å². The minimum absolute atomic E-state index is 0.117. The highest BCUT2D eigenvalue weighted by molar-refractivity contribution is 5.69. The van der Waals surface area contributed by atoms with Gasteiger partial charge in [0.25, 0.3) is 0 Å². The van der Waals surface area contributed by atoms with Gasteiger partial charge in [0.05, 0.1) is 0 Å². The Hall–Kier alpha value is -2.35. The van der Waals surface area contributed by atoms with Crippen LogP contribution in [0, 0.1) is 0 Å². The highest BCUT2D eigenvalue weighted by Crippen LogP contribution is 2.32. The fourth-order valence-electron chi connectivity index (χ4n) is 2.31. The standard InChI is InChI=1S/C19H20O2/c1-5-15-6-8-16(9-7-15)19(3,4)17-10-12-18(13-11-17)21-14(2)20/h5-13H,1H2,2-4H3. The van der Waals surface area contributed by atoms with Crippen LogP contribution in [0.15, 0.2) is 55.1 Å². The maximum atomic E-state index is 10.9. The van der Waals surface area contributed by atoms with Gasteiger partial charge in [0.15, 0.2) is 0 Å². The molecule has 0 heterocycles. The van der Waals surface area contributed by atoms with Crippen LogP contribution >= 0.6 is 0 Å². The van der Waals surface area contributed by atoms with E-state index in [1.54, 1.807) is 0 Å². The molecule has 0 aliphatic rings. The van der Waals surface area contributed by atoms with Crippen LogP contribution in [-0.4, -0.2) is 5.97 Å². The third kappa shape index (κ3) is 3.40. The first kappa shape index (κ1) is 15.0. The molecule has 0 radical (unpaired) electrons. The molecular formula is C19H20O2. The van der Waals surface area contributed by atoms with Crippen LogP contribution in [-0.2, 0) is 10.2 Å². The molecule has 0 aliphatic heterocycles. The molecule has 0 N–H and O–H groups in total. The number of benzene rings is 2. The lowest BCUT2D eigenvalue weighted by Gasteiger charge is -2.26. The molecule has 0 atom stereocenters. The molecule has 21 heavy (non-hydrogen) atoms. The van der Waals surface area contributed by atoms with Gasteiger partial charge in [0.2, 0.25) is 0 Å². The number of rotatable bonds is 4. The molecule has 2 aromatic carbocycles. The minimum atomic E-state index is -0.304. The van der Waals surface area contributed by atoms with E-state index in [-0.39, 0.29) is 11.4 Å². The summed E-state index contributed by atoms with van der Waals surface area (Å²) in [6.45, 7) is 9.53. The van der Waals surface area contributed by atoms with Crippen molar-refractivity contribution in [1.29, 1.82) is 0 Å². The van der Waals surface area contributed by atoms with Gasteiger partial charge in [0.1, 0.15) is 5.75 Å². The fourth-order valence-corrected chi connectivity index (χ4v) is 2.31. The molecule has 2 aromatic rings. The molecule has 0 amide bonds.